The van der Waals surface area contributed by atoms with Crippen molar-refractivity contribution >= 4 is 52.4 Å². The van der Waals surface area contributed by atoms with Gasteiger partial charge in [0.15, 0.2) is 7.26 Å². The number of rotatable bonds is 8. The highest BCUT2D eigenvalue weighted by atomic mass is 35.7. The average molecular weight is 602 g/mol. The lowest BCUT2D eigenvalue weighted by Gasteiger charge is -2.30. The second-order valence-corrected chi connectivity index (χ2v) is 13.9. The maximum atomic E-state index is 13.5. The fourth-order valence-electron chi connectivity index (χ4n) is 4.02. The van der Waals surface area contributed by atoms with Gasteiger partial charge in [-0.05, 0) is 54.3 Å². The highest BCUT2D eigenvalue weighted by Gasteiger charge is 2.52. The van der Waals surface area contributed by atoms with Crippen molar-refractivity contribution in [3.05, 3.63) is 137 Å². The van der Waals surface area contributed by atoms with Gasteiger partial charge in [-0.2, -0.15) is 0 Å². The van der Waals surface area contributed by atoms with Crippen molar-refractivity contribution in [2.75, 3.05) is 5.75 Å². The summed E-state index contributed by atoms with van der Waals surface area (Å²) in [5.74, 6) is 0.625. The first kappa shape index (κ1) is 30.8. The van der Waals surface area contributed by atoms with E-state index < -0.39 is 17.5 Å². The Morgan fingerprint density at radius 3 is 1.38 bits per heavy atom. The third-order valence-electron chi connectivity index (χ3n) is 5.49. The molecule has 0 saturated heterocycles. The standard InChI is InChI=1S/C29H25ClNOPS.ClHO4/c1-2-34-27(30)29(31-28(32)23-15-7-3-8-16-23)33(24-17-9-4-10-18-24,25-19-11-5-12-20-25)26-21-13-6-14-22-26;2-1(3,4)5/h3-22H,2H2,1H3;(H,2,3,4,5). The van der Waals surface area contributed by atoms with E-state index in [9.17, 15) is 4.79 Å². The van der Waals surface area contributed by atoms with Gasteiger partial charge in [0.05, 0.1) is 0 Å². The van der Waals surface area contributed by atoms with E-state index in [1.54, 1.807) is 11.8 Å². The molecule has 4 aromatic carbocycles. The van der Waals surface area contributed by atoms with Crippen LogP contribution in [0.5, 0.6) is 0 Å². The van der Waals surface area contributed by atoms with Crippen LogP contribution < -0.4 is 39.9 Å². The Hall–Kier alpha value is -2.71. The second-order valence-electron chi connectivity index (χ2n) is 7.93. The molecule has 0 aliphatic heterocycles. The largest absolute Gasteiger partial charge is 0.290 e. The number of benzene rings is 4. The van der Waals surface area contributed by atoms with Crippen LogP contribution in [0.25, 0.3) is 0 Å². The molecule has 6 nitrogen and oxygen atoms in total. The first-order valence-electron chi connectivity index (χ1n) is 11.7. The number of hydrogen-bond acceptors (Lipinski definition) is 6. The molecule has 0 aliphatic rings. The number of amides is 1. The molecule has 0 aromatic heterocycles. The highest BCUT2D eigenvalue weighted by Crippen LogP contribution is 2.63. The van der Waals surface area contributed by atoms with E-state index in [0.717, 1.165) is 27.1 Å². The van der Waals surface area contributed by atoms with Gasteiger partial charge in [0.2, 0.25) is 5.44 Å². The molecule has 10 heteroatoms. The van der Waals surface area contributed by atoms with Crippen molar-refractivity contribution in [1.29, 1.82) is 0 Å². The Labute approximate surface area is 240 Å². The summed E-state index contributed by atoms with van der Waals surface area (Å²) >= 11 is 8.61. The van der Waals surface area contributed by atoms with Crippen molar-refractivity contribution in [3.8, 4) is 0 Å². The highest BCUT2D eigenvalue weighted by molar-refractivity contribution is 8.06. The molecule has 1 amide bonds. The molecule has 39 heavy (non-hydrogen) atoms. The topological polar surface area (TPSA) is 121 Å². The average Bonchev–Trinajstić information content (AvgIpc) is 2.94. The minimum absolute atomic E-state index is 0.169. The molecule has 202 valence electrons. The zero-order valence-electron chi connectivity index (χ0n) is 20.9. The molecule has 0 bridgehead atoms. The van der Waals surface area contributed by atoms with E-state index >= 15 is 0 Å². The molecule has 0 radical (unpaired) electrons. The van der Waals surface area contributed by atoms with Gasteiger partial charge in [0, 0.05) is 5.56 Å². The lowest BCUT2D eigenvalue weighted by molar-refractivity contribution is -2.00. The van der Waals surface area contributed by atoms with E-state index in [2.05, 4.69) is 48.6 Å². The van der Waals surface area contributed by atoms with Crippen LogP contribution in [0.4, 0.5) is 0 Å². The van der Waals surface area contributed by atoms with Crippen molar-refractivity contribution < 1.29 is 33.7 Å². The van der Waals surface area contributed by atoms with Gasteiger partial charge in [-0.3, -0.25) is 10.1 Å². The van der Waals surface area contributed by atoms with E-state index in [1.807, 2.05) is 84.9 Å². The van der Waals surface area contributed by atoms with Crippen LogP contribution in [-0.2, 0) is 0 Å². The summed E-state index contributed by atoms with van der Waals surface area (Å²) in [6.07, 6.45) is 0. The van der Waals surface area contributed by atoms with Crippen molar-refractivity contribution in [2.45, 2.75) is 6.92 Å². The Morgan fingerprint density at radius 2 is 1.05 bits per heavy atom. The smallest absolute Gasteiger partial charge is 0.258 e. The van der Waals surface area contributed by atoms with Crippen LogP contribution in [0, 0.1) is 10.2 Å². The van der Waals surface area contributed by atoms with Crippen molar-refractivity contribution in [1.82, 2.24) is 5.32 Å². The summed E-state index contributed by atoms with van der Waals surface area (Å²) in [7, 11) is -7.47. The summed E-state index contributed by atoms with van der Waals surface area (Å²) in [5.41, 5.74) is 1.36. The molecule has 0 fully saturated rings. The summed E-state index contributed by atoms with van der Waals surface area (Å²) in [6, 6.07) is 40.5. The van der Waals surface area contributed by atoms with Crippen LogP contribution in [0.1, 0.15) is 17.3 Å². The maximum Gasteiger partial charge on any atom is 0.258 e. The molecule has 0 spiro atoms. The van der Waals surface area contributed by atoms with E-state index in [4.69, 9.17) is 30.2 Å². The maximum absolute atomic E-state index is 13.5. The Balaban J connectivity index is 0.000000771. The minimum atomic E-state index is -4.94. The summed E-state index contributed by atoms with van der Waals surface area (Å²) in [4.78, 5) is 13.5. The first-order valence-corrected chi connectivity index (χ1v) is 16.1. The quantitative estimate of drug-likeness (QED) is 0.307. The normalized spacial score (nSPS) is 12.1. The van der Waals surface area contributed by atoms with Crippen molar-refractivity contribution in [2.24, 2.45) is 0 Å². The summed E-state index contributed by atoms with van der Waals surface area (Å²) in [6.45, 7) is 2.07. The fraction of sp³-hybridized carbons (Fsp3) is 0.0690. The predicted molar refractivity (Wildman–Crippen MR) is 150 cm³/mol. The number of halogens is 2. The summed E-state index contributed by atoms with van der Waals surface area (Å²) in [5, 5.41) is 6.68. The molecule has 0 heterocycles. The Kier molecular flexibility index (Phi) is 11.5. The van der Waals surface area contributed by atoms with Gasteiger partial charge in [-0.25, -0.2) is 18.6 Å². The Bertz CT molecular complexity index is 1250. The monoisotopic (exact) mass is 601 g/mol. The number of carbonyl (C=O) groups excluding carboxylic acids is 1. The van der Waals surface area contributed by atoms with Crippen LogP contribution in [0.2, 0.25) is 0 Å². The molecule has 1 N–H and O–H groups in total. The van der Waals surface area contributed by atoms with Crippen LogP contribution >= 0.6 is 30.6 Å². The zero-order valence-corrected chi connectivity index (χ0v) is 24.1. The molecule has 0 aliphatic carbocycles. The van der Waals surface area contributed by atoms with Gasteiger partial charge < -0.3 is 0 Å². The Morgan fingerprint density at radius 1 is 0.718 bits per heavy atom. The molecular formula is C29H26Cl2NO5PS. The molecule has 0 unspecified atom stereocenters. The molecule has 4 rings (SSSR count). The molecule has 0 saturated carbocycles. The SMILES string of the molecule is CCSC(Cl)=C(NC(=O)c1ccccc1)[P+](c1ccccc1)(c1ccccc1)c1ccccc1.[O-][Cl+3]([O-])([O-])[O-]. The van der Waals surface area contributed by atoms with Crippen LogP contribution in [0.15, 0.2) is 131 Å². The molecule has 0 atom stereocenters. The van der Waals surface area contributed by atoms with Gasteiger partial charge in [0.1, 0.15) is 20.3 Å². The second kappa shape index (κ2) is 14.6. The molecular weight excluding hydrogens is 576 g/mol. The number of carbonyl (C=O) groups is 1. The number of hydrogen-bond donors (Lipinski definition) is 1. The summed E-state index contributed by atoms with van der Waals surface area (Å²) < 4.78 is 34.6. The molecule has 4 aromatic rings. The van der Waals surface area contributed by atoms with E-state index in [0.29, 0.717) is 9.93 Å². The van der Waals surface area contributed by atoms with E-state index in [1.165, 1.54) is 0 Å². The van der Waals surface area contributed by atoms with Crippen molar-refractivity contribution in [3.63, 3.8) is 0 Å². The number of thioether (sulfide) groups is 1. The van der Waals surface area contributed by atoms with Gasteiger partial charge in [0.25, 0.3) is 5.91 Å². The third-order valence-corrected chi connectivity index (χ3v) is 11.3. The predicted octanol–water partition coefficient (Wildman–Crippen LogP) is 1.77. The van der Waals surface area contributed by atoms with Crippen LogP contribution in [0.3, 0.4) is 0 Å². The minimum Gasteiger partial charge on any atom is -0.290 e. The first-order chi connectivity index (χ1) is 18.7. The fourth-order valence-corrected chi connectivity index (χ4v) is 9.88. The van der Waals surface area contributed by atoms with Gasteiger partial charge in [-0.1, -0.05) is 91.3 Å². The van der Waals surface area contributed by atoms with Crippen LogP contribution in [-0.4, -0.2) is 11.7 Å². The van der Waals surface area contributed by atoms with E-state index in [-0.39, 0.29) is 5.91 Å². The van der Waals surface area contributed by atoms with Gasteiger partial charge in [-0.15, -0.1) is 22.0 Å². The number of nitrogens with one attached hydrogen (secondary N) is 1. The zero-order chi connectivity index (χ0) is 28.3. The lowest BCUT2D eigenvalue weighted by atomic mass is 10.2. The lowest BCUT2D eigenvalue weighted by Crippen LogP contribution is -2.68. The van der Waals surface area contributed by atoms with Gasteiger partial charge >= 0.3 is 0 Å². The third kappa shape index (κ3) is 8.39.